The molecule has 44 heteroatoms. The van der Waals surface area contributed by atoms with Crippen LogP contribution in [-0.4, -0.2) is 157 Å². The zero-order valence-electron chi connectivity index (χ0n) is 81.9. The zero-order valence-corrected chi connectivity index (χ0v) is 84.9. The Labute approximate surface area is 855 Å². The predicted octanol–water partition coefficient (Wildman–Crippen LogP) is 10.7. The topological polar surface area (TPSA) is 523 Å². The van der Waals surface area contributed by atoms with E-state index in [1.165, 1.54) is 80.1 Å². The summed E-state index contributed by atoms with van der Waals surface area (Å²) in [5.74, 6) is -0.864. The van der Waals surface area contributed by atoms with Crippen molar-refractivity contribution in [1.29, 1.82) is 0 Å². The zero-order chi connectivity index (χ0) is 106. The molecule has 40 nitrogen and oxygen atoms in total. The van der Waals surface area contributed by atoms with Crippen LogP contribution in [0.3, 0.4) is 0 Å². The van der Waals surface area contributed by atoms with Crippen LogP contribution in [0.2, 0.25) is 20.1 Å². The van der Waals surface area contributed by atoms with Gasteiger partial charge in [0.2, 0.25) is 35.4 Å². The number of fused-ring (bicyclic) bond motifs is 8. The molecule has 0 radical (unpaired) electrons. The molecule has 6 aromatic heterocycles. The SMILES string of the molecule is C.COc1cc2nc(C)n([C@@]3(C)CCC(=O)NC3=O)c(=O)c2cc1OC.COc1cc2nc(C)n([C@]3(C)CCC(=O)NC3=O)c(=O)c2cc1OC.Cc1nc2c(Cl)cc(Cl)cc2c(=O)n1[C@@]1(C)CCC(=O)NC1=O.Cc1nc2c(Cl)cc(Cl)cc2c(=O)n1[C@]1(C)CCC(=O)NC1=O.Cc1nc2cc3ccccc3cc2c(=O)n1[C@@]1(C)CCC(=O)NC1=O.Cc1nc2cc3ccccc3cc2c(=O)n1[C@]1(C)CCC(=O)NC1=O. The van der Waals surface area contributed by atoms with E-state index in [0.717, 1.165) is 21.5 Å². The van der Waals surface area contributed by atoms with E-state index in [1.54, 1.807) is 107 Å². The third-order valence-corrected chi connectivity index (χ3v) is 28.5. The number of aromatic nitrogens is 12. The molecule has 147 heavy (non-hydrogen) atoms. The van der Waals surface area contributed by atoms with Crippen LogP contribution >= 0.6 is 46.4 Å². The van der Waals surface area contributed by atoms with Gasteiger partial charge in [-0.25, -0.2) is 29.9 Å². The van der Waals surface area contributed by atoms with Crippen LogP contribution in [0.1, 0.15) is 161 Å². The number of nitrogens with one attached hydrogen (secondary N) is 6. The molecule has 14 aromatic rings. The molecule has 20 rings (SSSR count). The first-order valence-electron chi connectivity index (χ1n) is 45.9. The highest BCUT2D eigenvalue weighted by molar-refractivity contribution is 6.39. The largest absolute Gasteiger partial charge is 0.493 e. The highest BCUT2D eigenvalue weighted by Gasteiger charge is 2.49. The number of carbonyl (C=O) groups is 12. The van der Waals surface area contributed by atoms with Crippen molar-refractivity contribution < 1.29 is 76.5 Å². The van der Waals surface area contributed by atoms with Crippen LogP contribution < -0.4 is 84.2 Å². The Morgan fingerprint density at radius 2 is 0.449 bits per heavy atom. The first kappa shape index (κ1) is 107. The molecule has 0 aliphatic carbocycles. The van der Waals surface area contributed by atoms with Crippen LogP contribution in [0.15, 0.2) is 150 Å². The van der Waals surface area contributed by atoms with Crippen molar-refractivity contribution in [3.63, 3.8) is 0 Å². The summed E-state index contributed by atoms with van der Waals surface area (Å²) < 4.78 is 29.2. The van der Waals surface area contributed by atoms with Gasteiger partial charge in [0.1, 0.15) is 68.2 Å². The highest BCUT2D eigenvalue weighted by Crippen LogP contribution is 2.39. The van der Waals surface area contributed by atoms with Crippen LogP contribution in [0.25, 0.3) is 87.0 Å². The second-order valence-corrected chi connectivity index (χ2v) is 38.8. The summed E-state index contributed by atoms with van der Waals surface area (Å²) in [4.78, 5) is 248. The van der Waals surface area contributed by atoms with Crippen LogP contribution in [0.4, 0.5) is 0 Å². The van der Waals surface area contributed by atoms with E-state index in [2.05, 4.69) is 61.8 Å². The number of halogens is 4. The monoisotopic (exact) mass is 2080 g/mol. The maximum atomic E-state index is 13.2. The number of hydrogen-bond acceptors (Lipinski definition) is 28. The summed E-state index contributed by atoms with van der Waals surface area (Å²) in [5.41, 5.74) is -6.27. The Morgan fingerprint density at radius 3 is 0.667 bits per heavy atom. The number of rotatable bonds is 10. The quantitative estimate of drug-likeness (QED) is 0.0547. The molecular weight excluding hydrogens is 1980 g/mol. The minimum absolute atomic E-state index is 0. The van der Waals surface area contributed by atoms with Gasteiger partial charge < -0.3 is 18.9 Å². The number of piperidine rings is 6. The number of methoxy groups -OCH3 is 4. The molecule has 6 fully saturated rings. The average molecular weight is 2090 g/mol. The van der Waals surface area contributed by atoms with Crippen molar-refractivity contribution in [2.75, 3.05) is 28.4 Å². The van der Waals surface area contributed by atoms with Crippen LogP contribution in [0.5, 0.6) is 23.0 Å². The number of imide groups is 6. The molecule has 0 saturated carbocycles. The summed E-state index contributed by atoms with van der Waals surface area (Å²) in [7, 11) is 5.96. The van der Waals surface area contributed by atoms with Crippen LogP contribution in [-0.2, 0) is 90.8 Å². The Balaban J connectivity index is 0.000000139. The summed E-state index contributed by atoms with van der Waals surface area (Å²) in [6, 6.07) is 35.2. The maximum absolute atomic E-state index is 13.2. The molecule has 0 spiro atoms. The second-order valence-electron chi connectivity index (χ2n) is 37.2. The summed E-state index contributed by atoms with van der Waals surface area (Å²) in [6.45, 7) is 19.9. The minimum atomic E-state index is -1.19. The fourth-order valence-electron chi connectivity index (χ4n) is 19.4. The maximum Gasteiger partial charge on any atom is 0.262 e. The Hall–Kier alpha value is -15.7. The van der Waals surface area contributed by atoms with E-state index in [9.17, 15) is 86.3 Å². The number of aryl methyl sites for hydroxylation is 6. The molecule has 6 N–H and O–H groups in total. The third-order valence-electron chi connectivity index (χ3n) is 27.5. The van der Waals surface area contributed by atoms with E-state index >= 15 is 0 Å². The van der Waals surface area contributed by atoms with Crippen molar-refractivity contribution in [2.24, 2.45) is 0 Å². The lowest BCUT2D eigenvalue weighted by Crippen LogP contribution is -2.56. The van der Waals surface area contributed by atoms with E-state index < -0.39 is 79.8 Å². The summed E-state index contributed by atoms with van der Waals surface area (Å²) >= 11 is 24.2. The van der Waals surface area contributed by atoms with Crippen LogP contribution in [0, 0.1) is 41.5 Å². The van der Waals surface area contributed by atoms with E-state index in [-0.39, 0.29) is 163 Å². The van der Waals surface area contributed by atoms with Gasteiger partial charge in [-0.3, -0.25) is 146 Å². The normalized spacial score (nSPS) is 20.8. The summed E-state index contributed by atoms with van der Waals surface area (Å²) in [6.07, 6.45) is 2.50. The van der Waals surface area contributed by atoms with Crippen molar-refractivity contribution in [1.82, 2.24) is 89.2 Å². The third kappa shape index (κ3) is 19.7. The lowest BCUT2D eigenvalue weighted by atomic mass is 9.90. The molecule has 6 aliphatic rings. The molecule has 0 bridgehead atoms. The van der Waals surface area contributed by atoms with Gasteiger partial charge in [0.15, 0.2) is 23.0 Å². The Kier molecular flexibility index (Phi) is 29.9. The molecule has 6 aliphatic heterocycles. The van der Waals surface area contributed by atoms with Gasteiger partial charge in [0.25, 0.3) is 68.8 Å². The molecule has 6 saturated heterocycles. The highest BCUT2D eigenvalue weighted by atomic mass is 35.5. The summed E-state index contributed by atoms with van der Waals surface area (Å²) in [5, 5.41) is 20.9. The van der Waals surface area contributed by atoms with Gasteiger partial charge in [-0.15, -0.1) is 0 Å². The van der Waals surface area contributed by atoms with Crippen molar-refractivity contribution >= 4 is 204 Å². The van der Waals surface area contributed by atoms with Gasteiger partial charge in [-0.2, -0.15) is 0 Å². The van der Waals surface area contributed by atoms with Gasteiger partial charge in [0.05, 0.1) is 104 Å². The van der Waals surface area contributed by atoms with Gasteiger partial charge in [-0.1, -0.05) is 102 Å². The van der Waals surface area contributed by atoms with Gasteiger partial charge >= 0.3 is 0 Å². The smallest absolute Gasteiger partial charge is 0.262 e. The first-order valence-corrected chi connectivity index (χ1v) is 47.4. The second kappa shape index (κ2) is 41.1. The van der Waals surface area contributed by atoms with Crippen molar-refractivity contribution in [2.45, 2.75) is 201 Å². The first-order chi connectivity index (χ1) is 68.9. The predicted molar refractivity (Wildman–Crippen MR) is 549 cm³/mol. The van der Waals surface area contributed by atoms with E-state index in [1.807, 2.05) is 72.8 Å². The number of benzene rings is 8. The van der Waals surface area contributed by atoms with Crippen molar-refractivity contribution in [3.05, 3.63) is 238 Å². The van der Waals surface area contributed by atoms with E-state index in [0.29, 0.717) is 123 Å². The number of nitrogens with zero attached hydrogens (tertiary/aromatic N) is 12. The molecule has 12 amide bonds. The van der Waals surface area contributed by atoms with Gasteiger partial charge in [0, 0.05) is 60.7 Å². The molecule has 12 heterocycles. The van der Waals surface area contributed by atoms with Crippen molar-refractivity contribution in [3.8, 4) is 23.0 Å². The fourth-order valence-corrected chi connectivity index (χ4v) is 20.5. The molecular formula is C103H102Cl4N18O22. The fraction of sp³-hybridized carbons (Fsp3) is 0.340. The molecule has 8 aromatic carbocycles. The van der Waals surface area contributed by atoms with Gasteiger partial charge in [-0.05, 0) is 204 Å². The Morgan fingerprint density at radius 1 is 0.259 bits per heavy atom. The number of ether oxygens (including phenoxy) is 4. The molecule has 0 unspecified atom stereocenters. The number of amides is 12. The standard InChI is InChI=1S/2C19H17N3O3.2C17H19N3O5.2C15H13Cl2N3O3.CH4/c2*1-11-20-15-10-13-6-4-3-5-12(13)9-14(15)17(24)22(11)19(2)8-7-16(23)21-18(19)25;2*1-9-18-11-8-13(25-4)12(24-3)7-10(11)15(22)20(9)17(2)6-5-14(21)19-16(17)23;2*1-7-18-12-9(5-8(16)6-10(12)17)13(22)20(7)15(2)4-3-11(21)19-14(15)23;/h2*3-6,9-10H,7-8H2,1-2H3,(H,21,23,25);2*7-8H,5-6H2,1-4H3,(H,19,21,23);2*5-6H,3-4H2,1-2H3,(H,19,21,23);1H4/t2*19-;2*17-;2*15-;/m101010./s1. The number of hydrogen-bond donors (Lipinski definition) is 6. The lowest BCUT2D eigenvalue weighted by molar-refractivity contribution is -0.141. The van der Waals surface area contributed by atoms with E-state index in [4.69, 9.17) is 65.4 Å². The number of carbonyl (C=O) groups excluding carboxylic acids is 12. The lowest BCUT2D eigenvalue weighted by Gasteiger charge is -2.34. The molecule has 6 atom stereocenters. The average Bonchev–Trinajstić information content (AvgIpc) is 0.763. The molecule has 764 valence electrons. The Bertz CT molecular complexity index is 8000. The minimum Gasteiger partial charge on any atom is -0.493 e.